The Bertz CT molecular complexity index is 697. The van der Waals surface area contributed by atoms with E-state index in [1.54, 1.807) is 11.3 Å². The number of nitrogens with zero attached hydrogens (tertiary/aromatic N) is 3. The maximum Gasteiger partial charge on any atom is 0.223 e. The molecule has 0 radical (unpaired) electrons. The van der Waals surface area contributed by atoms with Crippen LogP contribution in [0, 0.1) is 12.3 Å². The average molecular weight is 348 g/mol. The Kier molecular flexibility index (Phi) is 3.99. The van der Waals surface area contributed by atoms with Crippen molar-refractivity contribution in [2.24, 2.45) is 5.41 Å². The van der Waals surface area contributed by atoms with Gasteiger partial charge in [0, 0.05) is 41.7 Å². The predicted molar refractivity (Wildman–Crippen MR) is 93.5 cm³/mol. The van der Waals surface area contributed by atoms with Gasteiger partial charge in [-0.05, 0) is 31.3 Å². The van der Waals surface area contributed by atoms with Gasteiger partial charge in [0.15, 0.2) is 0 Å². The van der Waals surface area contributed by atoms with Gasteiger partial charge >= 0.3 is 0 Å². The van der Waals surface area contributed by atoms with Crippen LogP contribution in [-0.2, 0) is 17.9 Å². The highest BCUT2D eigenvalue weighted by Crippen LogP contribution is 2.41. The Hall–Kier alpha value is -1.24. The van der Waals surface area contributed by atoms with E-state index >= 15 is 0 Å². The number of rotatable bonds is 4. The summed E-state index contributed by atoms with van der Waals surface area (Å²) >= 11 is 3.48. The SMILES string of the molecule is Cc1nc(CN2C[C@@]3(CCN(Cc4cccs4)C3)CC2=O)cs1. The highest BCUT2D eigenvalue weighted by atomic mass is 32.1. The lowest BCUT2D eigenvalue weighted by Gasteiger charge is -2.24. The number of thiazole rings is 1. The summed E-state index contributed by atoms with van der Waals surface area (Å²) in [6.07, 6.45) is 1.84. The van der Waals surface area contributed by atoms with Crippen LogP contribution in [0.25, 0.3) is 0 Å². The first-order valence-corrected chi connectivity index (χ1v) is 9.81. The van der Waals surface area contributed by atoms with Crippen molar-refractivity contribution in [1.82, 2.24) is 14.8 Å². The van der Waals surface area contributed by atoms with E-state index in [9.17, 15) is 4.79 Å². The molecule has 1 atom stereocenters. The zero-order chi connectivity index (χ0) is 15.9. The summed E-state index contributed by atoms with van der Waals surface area (Å²) < 4.78 is 0. The molecule has 1 amide bonds. The van der Waals surface area contributed by atoms with Gasteiger partial charge in [-0.15, -0.1) is 22.7 Å². The lowest BCUT2D eigenvalue weighted by Crippen LogP contribution is -2.31. The van der Waals surface area contributed by atoms with Gasteiger partial charge in [-0.1, -0.05) is 6.07 Å². The van der Waals surface area contributed by atoms with E-state index in [2.05, 4.69) is 32.8 Å². The molecule has 122 valence electrons. The fourth-order valence-electron chi connectivity index (χ4n) is 3.86. The summed E-state index contributed by atoms with van der Waals surface area (Å²) in [5.41, 5.74) is 1.20. The van der Waals surface area contributed by atoms with Gasteiger partial charge < -0.3 is 4.90 Å². The van der Waals surface area contributed by atoms with Gasteiger partial charge in [-0.2, -0.15) is 0 Å². The maximum atomic E-state index is 12.5. The van der Waals surface area contributed by atoms with Crippen LogP contribution in [0.4, 0.5) is 0 Å². The molecule has 2 aliphatic heterocycles. The Balaban J connectivity index is 1.39. The molecular weight excluding hydrogens is 326 g/mol. The van der Waals surface area contributed by atoms with Crippen molar-refractivity contribution in [3.63, 3.8) is 0 Å². The lowest BCUT2D eigenvalue weighted by molar-refractivity contribution is -0.128. The van der Waals surface area contributed by atoms with Crippen LogP contribution < -0.4 is 0 Å². The summed E-state index contributed by atoms with van der Waals surface area (Å²) in [6, 6.07) is 4.31. The van der Waals surface area contributed by atoms with Crippen molar-refractivity contribution in [2.75, 3.05) is 19.6 Å². The Morgan fingerprint density at radius 1 is 1.30 bits per heavy atom. The largest absolute Gasteiger partial charge is 0.336 e. The van der Waals surface area contributed by atoms with E-state index in [1.165, 1.54) is 4.88 Å². The predicted octanol–water partition coefficient (Wildman–Crippen LogP) is 3.14. The van der Waals surface area contributed by atoms with Crippen molar-refractivity contribution < 1.29 is 4.79 Å². The molecule has 0 saturated carbocycles. The second-order valence-electron chi connectivity index (χ2n) is 6.82. The summed E-state index contributed by atoms with van der Waals surface area (Å²) in [7, 11) is 0. The number of aromatic nitrogens is 1. The second kappa shape index (κ2) is 6.00. The van der Waals surface area contributed by atoms with Crippen LogP contribution in [0.3, 0.4) is 0 Å². The lowest BCUT2D eigenvalue weighted by atomic mass is 9.86. The number of hydrogen-bond acceptors (Lipinski definition) is 5. The molecule has 2 aromatic heterocycles. The van der Waals surface area contributed by atoms with E-state index in [0.717, 1.165) is 43.3 Å². The quantitative estimate of drug-likeness (QED) is 0.852. The minimum atomic E-state index is 0.166. The molecule has 2 aliphatic rings. The summed E-state index contributed by atoms with van der Waals surface area (Å²) in [5.74, 6) is 0.300. The molecule has 0 N–H and O–H groups in total. The molecule has 4 nitrogen and oxygen atoms in total. The highest BCUT2D eigenvalue weighted by molar-refractivity contribution is 7.10. The number of thiophene rings is 1. The van der Waals surface area contributed by atoms with Gasteiger partial charge in [0.2, 0.25) is 5.91 Å². The molecule has 2 aromatic rings. The molecule has 0 aliphatic carbocycles. The Morgan fingerprint density at radius 3 is 2.96 bits per heavy atom. The molecule has 2 fully saturated rings. The molecule has 1 spiro atoms. The van der Waals surface area contributed by atoms with Crippen LogP contribution in [0.15, 0.2) is 22.9 Å². The van der Waals surface area contributed by atoms with Crippen molar-refractivity contribution in [2.45, 2.75) is 32.9 Å². The zero-order valence-electron chi connectivity index (χ0n) is 13.3. The van der Waals surface area contributed by atoms with E-state index < -0.39 is 0 Å². The molecule has 0 unspecified atom stereocenters. The molecule has 4 heterocycles. The zero-order valence-corrected chi connectivity index (χ0v) is 15.0. The minimum absolute atomic E-state index is 0.166. The van der Waals surface area contributed by atoms with E-state index in [4.69, 9.17) is 0 Å². The van der Waals surface area contributed by atoms with Gasteiger partial charge in [0.05, 0.1) is 17.2 Å². The molecule has 23 heavy (non-hydrogen) atoms. The summed E-state index contributed by atoms with van der Waals surface area (Å²) in [6.45, 7) is 6.76. The van der Waals surface area contributed by atoms with Crippen molar-refractivity contribution in [1.29, 1.82) is 0 Å². The third-order valence-electron chi connectivity index (χ3n) is 4.90. The van der Waals surface area contributed by atoms with Crippen LogP contribution in [0.5, 0.6) is 0 Å². The van der Waals surface area contributed by atoms with Gasteiger partial charge in [0.1, 0.15) is 0 Å². The van der Waals surface area contributed by atoms with Crippen molar-refractivity contribution in [3.05, 3.63) is 38.5 Å². The van der Waals surface area contributed by atoms with E-state index in [1.807, 2.05) is 23.2 Å². The first-order chi connectivity index (χ1) is 11.1. The van der Waals surface area contributed by atoms with E-state index in [0.29, 0.717) is 18.9 Å². The first-order valence-electron chi connectivity index (χ1n) is 8.05. The normalized spacial score (nSPS) is 25.1. The number of likely N-dealkylation sites (tertiary alicyclic amines) is 2. The smallest absolute Gasteiger partial charge is 0.223 e. The Labute approximate surface area is 144 Å². The number of carbonyl (C=O) groups is 1. The molecule has 4 rings (SSSR count). The van der Waals surface area contributed by atoms with Crippen molar-refractivity contribution in [3.8, 4) is 0 Å². The second-order valence-corrected chi connectivity index (χ2v) is 8.92. The van der Waals surface area contributed by atoms with Gasteiger partial charge in [0.25, 0.3) is 0 Å². The Morgan fingerprint density at radius 2 is 2.22 bits per heavy atom. The molecule has 0 aromatic carbocycles. The van der Waals surface area contributed by atoms with Gasteiger partial charge in [-0.25, -0.2) is 4.98 Å². The summed E-state index contributed by atoms with van der Waals surface area (Å²) in [4.78, 5) is 22.9. The number of aryl methyl sites for hydroxylation is 1. The van der Waals surface area contributed by atoms with Crippen LogP contribution in [0.1, 0.15) is 28.4 Å². The van der Waals surface area contributed by atoms with Gasteiger partial charge in [-0.3, -0.25) is 9.69 Å². The fraction of sp³-hybridized carbons (Fsp3) is 0.529. The molecular formula is C17H21N3OS2. The molecule has 2 saturated heterocycles. The number of carbonyl (C=O) groups excluding carboxylic acids is 1. The summed E-state index contributed by atoms with van der Waals surface area (Å²) in [5, 5.41) is 5.28. The number of amides is 1. The van der Waals surface area contributed by atoms with Crippen LogP contribution in [-0.4, -0.2) is 40.3 Å². The topological polar surface area (TPSA) is 36.4 Å². The maximum absolute atomic E-state index is 12.5. The average Bonchev–Trinajstić information content (AvgIpc) is 3.26. The standard InChI is InChI=1S/C17H21N3OS2/c1-13-18-14(10-23-13)8-20-12-17(7-16(20)21)4-5-19(11-17)9-15-3-2-6-22-15/h2-3,6,10H,4-5,7-9,11-12H2,1H3/t17-/m0/s1. The van der Waals surface area contributed by atoms with Crippen LogP contribution in [0.2, 0.25) is 0 Å². The third-order valence-corrected chi connectivity index (χ3v) is 6.59. The fourth-order valence-corrected chi connectivity index (χ4v) is 5.21. The van der Waals surface area contributed by atoms with E-state index in [-0.39, 0.29) is 5.41 Å². The number of hydrogen-bond donors (Lipinski definition) is 0. The molecule has 6 heteroatoms. The molecule has 0 bridgehead atoms. The first kappa shape index (κ1) is 15.3. The minimum Gasteiger partial charge on any atom is -0.336 e. The highest BCUT2D eigenvalue weighted by Gasteiger charge is 2.47. The van der Waals surface area contributed by atoms with Crippen LogP contribution >= 0.6 is 22.7 Å². The monoisotopic (exact) mass is 347 g/mol. The third kappa shape index (κ3) is 3.20. The van der Waals surface area contributed by atoms with Crippen molar-refractivity contribution >= 4 is 28.6 Å².